The summed E-state index contributed by atoms with van der Waals surface area (Å²) in [4.78, 5) is 13.6. The Balaban J connectivity index is 1.96. The Morgan fingerprint density at radius 2 is 2.23 bits per heavy atom. The van der Waals surface area contributed by atoms with Crippen LogP contribution < -0.4 is 0 Å². The molecule has 0 aliphatic heterocycles. The van der Waals surface area contributed by atoms with Crippen LogP contribution in [0, 0.1) is 5.92 Å². The van der Waals surface area contributed by atoms with Gasteiger partial charge in [-0.3, -0.25) is 4.79 Å². The van der Waals surface area contributed by atoms with Gasteiger partial charge in [0.25, 0.3) is 0 Å². The summed E-state index contributed by atoms with van der Waals surface area (Å²) in [6, 6.07) is 1.96. The van der Waals surface area contributed by atoms with Gasteiger partial charge >= 0.3 is 0 Å². The Morgan fingerprint density at radius 3 is 2.85 bits per heavy atom. The molecule has 0 amide bonds. The number of carbonyl (C=O) groups excluding carboxylic acids is 1. The van der Waals surface area contributed by atoms with E-state index < -0.39 is 0 Å². The zero-order valence-corrected chi connectivity index (χ0v) is 7.75. The number of carbonyl (C=O) groups is 1. The van der Waals surface area contributed by atoms with Crippen molar-refractivity contribution in [1.29, 1.82) is 0 Å². The van der Waals surface area contributed by atoms with Gasteiger partial charge in [-0.15, -0.1) is 0 Å². The van der Waals surface area contributed by atoms with Crippen LogP contribution in [0.5, 0.6) is 0 Å². The minimum atomic E-state index is 0.771. The van der Waals surface area contributed by atoms with Crippen molar-refractivity contribution in [3.63, 3.8) is 0 Å². The second-order valence-electron chi connectivity index (χ2n) is 3.93. The fourth-order valence-electron chi connectivity index (χ4n) is 2.17. The molecule has 0 spiro atoms. The monoisotopic (exact) mass is 177 g/mol. The molecule has 13 heavy (non-hydrogen) atoms. The zero-order valence-electron chi connectivity index (χ0n) is 7.75. The molecule has 0 bridgehead atoms. The lowest BCUT2D eigenvalue weighted by Gasteiger charge is -2.05. The Hall–Kier alpha value is -1.05. The first-order valence-electron chi connectivity index (χ1n) is 5.01. The number of H-pyrrole nitrogens is 1. The van der Waals surface area contributed by atoms with Gasteiger partial charge < -0.3 is 4.98 Å². The molecule has 2 rings (SSSR count). The summed E-state index contributed by atoms with van der Waals surface area (Å²) in [5.41, 5.74) is 1.99. The van der Waals surface area contributed by atoms with Crippen molar-refractivity contribution in [2.45, 2.75) is 32.1 Å². The molecule has 0 atom stereocenters. The Labute approximate surface area is 78.4 Å². The summed E-state index contributed by atoms with van der Waals surface area (Å²) in [6.07, 6.45) is 9.28. The molecule has 0 radical (unpaired) electrons. The maximum Gasteiger partial charge on any atom is 0.151 e. The number of aromatic amines is 1. The molecule has 1 aliphatic rings. The second-order valence-corrected chi connectivity index (χ2v) is 3.93. The van der Waals surface area contributed by atoms with Crippen molar-refractivity contribution in [3.05, 3.63) is 23.5 Å². The molecule has 1 heterocycles. The van der Waals surface area contributed by atoms with Crippen molar-refractivity contribution >= 4 is 6.29 Å². The minimum Gasteiger partial charge on any atom is -0.364 e. The predicted molar refractivity (Wildman–Crippen MR) is 51.8 cm³/mol. The summed E-state index contributed by atoms with van der Waals surface area (Å²) in [5.74, 6) is 0.846. The van der Waals surface area contributed by atoms with E-state index in [0.717, 1.165) is 24.2 Å². The van der Waals surface area contributed by atoms with E-state index in [1.807, 2.05) is 6.07 Å². The van der Waals surface area contributed by atoms with Gasteiger partial charge in [-0.2, -0.15) is 0 Å². The number of hydrogen-bond donors (Lipinski definition) is 1. The van der Waals surface area contributed by atoms with Crippen LogP contribution in [0.1, 0.15) is 41.7 Å². The van der Waals surface area contributed by atoms with E-state index in [1.54, 1.807) is 6.20 Å². The summed E-state index contributed by atoms with van der Waals surface area (Å²) in [6.45, 7) is 0. The van der Waals surface area contributed by atoms with Gasteiger partial charge in [-0.05, 0) is 18.4 Å². The van der Waals surface area contributed by atoms with E-state index >= 15 is 0 Å². The maximum absolute atomic E-state index is 10.4. The van der Waals surface area contributed by atoms with E-state index in [1.165, 1.54) is 31.4 Å². The molecular weight excluding hydrogens is 162 g/mol. The lowest BCUT2D eigenvalue weighted by Crippen LogP contribution is -1.98. The molecule has 1 aromatic heterocycles. The van der Waals surface area contributed by atoms with Crippen molar-refractivity contribution in [2.24, 2.45) is 5.92 Å². The SMILES string of the molecule is O=Cc1c[nH]c(CC2CCCC2)c1. The first kappa shape index (κ1) is 8.54. The van der Waals surface area contributed by atoms with Gasteiger partial charge in [0.1, 0.15) is 0 Å². The van der Waals surface area contributed by atoms with Gasteiger partial charge in [0.2, 0.25) is 0 Å². The zero-order chi connectivity index (χ0) is 9.10. The van der Waals surface area contributed by atoms with Gasteiger partial charge in [0.15, 0.2) is 6.29 Å². The molecule has 70 valence electrons. The second kappa shape index (κ2) is 3.77. The van der Waals surface area contributed by atoms with Crippen LogP contribution in [0.4, 0.5) is 0 Å². The van der Waals surface area contributed by atoms with Crippen molar-refractivity contribution in [1.82, 2.24) is 4.98 Å². The average molecular weight is 177 g/mol. The van der Waals surface area contributed by atoms with Gasteiger partial charge in [0, 0.05) is 17.5 Å². The number of aldehydes is 1. The standard InChI is InChI=1S/C11H15NO/c13-8-10-6-11(12-7-10)5-9-3-1-2-4-9/h6-9,12H,1-5H2. The number of rotatable bonds is 3. The maximum atomic E-state index is 10.4. The smallest absolute Gasteiger partial charge is 0.151 e. The van der Waals surface area contributed by atoms with Crippen molar-refractivity contribution in [3.8, 4) is 0 Å². The molecule has 1 saturated carbocycles. The largest absolute Gasteiger partial charge is 0.364 e. The lowest BCUT2D eigenvalue weighted by molar-refractivity contribution is 0.112. The van der Waals surface area contributed by atoms with Crippen molar-refractivity contribution in [2.75, 3.05) is 0 Å². The molecule has 2 nitrogen and oxygen atoms in total. The third-order valence-electron chi connectivity index (χ3n) is 2.88. The van der Waals surface area contributed by atoms with Crippen LogP contribution in [0.15, 0.2) is 12.3 Å². The topological polar surface area (TPSA) is 32.9 Å². The van der Waals surface area contributed by atoms with E-state index in [-0.39, 0.29) is 0 Å². The van der Waals surface area contributed by atoms with Crippen LogP contribution in [-0.2, 0) is 6.42 Å². The summed E-state index contributed by atoms with van der Waals surface area (Å²) in [7, 11) is 0. The molecule has 1 N–H and O–H groups in total. The fraction of sp³-hybridized carbons (Fsp3) is 0.545. The first-order valence-corrected chi connectivity index (χ1v) is 5.01. The molecular formula is C11H15NO. The number of nitrogens with one attached hydrogen (secondary N) is 1. The van der Waals surface area contributed by atoms with Crippen molar-refractivity contribution < 1.29 is 4.79 Å². The highest BCUT2D eigenvalue weighted by Gasteiger charge is 2.15. The summed E-state index contributed by atoms with van der Waals surface area (Å²) >= 11 is 0. The molecule has 1 fully saturated rings. The summed E-state index contributed by atoms with van der Waals surface area (Å²) < 4.78 is 0. The lowest BCUT2D eigenvalue weighted by atomic mass is 10.0. The van der Waals surface area contributed by atoms with E-state index in [0.29, 0.717) is 0 Å². The predicted octanol–water partition coefficient (Wildman–Crippen LogP) is 2.56. The van der Waals surface area contributed by atoms with Gasteiger partial charge in [-0.25, -0.2) is 0 Å². The minimum absolute atomic E-state index is 0.771. The third kappa shape index (κ3) is 2.00. The number of hydrogen-bond acceptors (Lipinski definition) is 1. The third-order valence-corrected chi connectivity index (χ3v) is 2.88. The molecule has 0 aromatic carbocycles. The van der Waals surface area contributed by atoms with Crippen LogP contribution in [0.2, 0.25) is 0 Å². The first-order chi connectivity index (χ1) is 6.38. The Kier molecular flexibility index (Phi) is 2.48. The highest BCUT2D eigenvalue weighted by Crippen LogP contribution is 2.27. The molecule has 0 unspecified atom stereocenters. The van der Waals surface area contributed by atoms with E-state index in [9.17, 15) is 4.79 Å². The molecule has 1 aliphatic carbocycles. The van der Waals surface area contributed by atoms with Crippen LogP contribution >= 0.6 is 0 Å². The fourth-order valence-corrected chi connectivity index (χ4v) is 2.17. The van der Waals surface area contributed by atoms with Crippen LogP contribution in [0.3, 0.4) is 0 Å². The Morgan fingerprint density at radius 1 is 1.46 bits per heavy atom. The average Bonchev–Trinajstić information content (AvgIpc) is 2.76. The van der Waals surface area contributed by atoms with E-state index in [4.69, 9.17) is 0 Å². The van der Waals surface area contributed by atoms with Gasteiger partial charge in [0.05, 0.1) is 0 Å². The van der Waals surface area contributed by atoms with Crippen LogP contribution in [-0.4, -0.2) is 11.3 Å². The normalized spacial score (nSPS) is 17.8. The molecule has 1 aromatic rings. The Bertz CT molecular complexity index is 284. The van der Waals surface area contributed by atoms with Crippen LogP contribution in [0.25, 0.3) is 0 Å². The molecule has 0 saturated heterocycles. The van der Waals surface area contributed by atoms with Gasteiger partial charge in [-0.1, -0.05) is 25.7 Å². The summed E-state index contributed by atoms with van der Waals surface area (Å²) in [5, 5.41) is 0. The highest BCUT2D eigenvalue weighted by atomic mass is 16.1. The quantitative estimate of drug-likeness (QED) is 0.707. The number of aromatic nitrogens is 1. The molecule has 2 heteroatoms. The van der Waals surface area contributed by atoms with E-state index in [2.05, 4.69) is 4.98 Å². The highest BCUT2D eigenvalue weighted by molar-refractivity contribution is 5.74.